The lowest BCUT2D eigenvalue weighted by Gasteiger charge is -2.09. The quantitative estimate of drug-likeness (QED) is 0.690. The number of rotatable bonds is 4. The summed E-state index contributed by atoms with van der Waals surface area (Å²) in [4.78, 5) is 8.49. The van der Waals surface area contributed by atoms with Gasteiger partial charge in [0.15, 0.2) is 16.7 Å². The number of halogens is 1. The zero-order chi connectivity index (χ0) is 15.0. The van der Waals surface area contributed by atoms with Crippen molar-refractivity contribution < 1.29 is 9.47 Å². The molecule has 2 heterocycles. The van der Waals surface area contributed by atoms with Gasteiger partial charge in [0.1, 0.15) is 17.4 Å². The Bertz CT molecular complexity index is 814. The Balaban J connectivity index is 2.47. The van der Waals surface area contributed by atoms with Gasteiger partial charge in [-0.2, -0.15) is 0 Å². The molecule has 6 heteroatoms. The van der Waals surface area contributed by atoms with Crippen molar-refractivity contribution in [2.75, 3.05) is 14.2 Å². The number of fused-ring (bicyclic) bond motifs is 3. The molecule has 21 heavy (non-hydrogen) atoms. The molecule has 0 amide bonds. The van der Waals surface area contributed by atoms with E-state index < -0.39 is 0 Å². The predicted octanol–water partition coefficient (Wildman–Crippen LogP) is 3.67. The lowest BCUT2D eigenvalue weighted by molar-refractivity contribution is 0.355. The van der Waals surface area contributed by atoms with Crippen LogP contribution in [0.5, 0.6) is 11.5 Å². The van der Waals surface area contributed by atoms with Crippen LogP contribution in [-0.2, 0) is 6.54 Å². The van der Waals surface area contributed by atoms with Crippen LogP contribution in [0.25, 0.3) is 21.9 Å². The predicted molar refractivity (Wildman–Crippen MR) is 83.4 cm³/mol. The number of hydrogen-bond donors (Lipinski definition) is 0. The van der Waals surface area contributed by atoms with Gasteiger partial charge in [-0.05, 0) is 12.5 Å². The van der Waals surface area contributed by atoms with Gasteiger partial charge >= 0.3 is 0 Å². The zero-order valence-electron chi connectivity index (χ0n) is 12.2. The Kier molecular flexibility index (Phi) is 3.59. The van der Waals surface area contributed by atoms with Crippen molar-refractivity contribution in [1.29, 1.82) is 0 Å². The Morgan fingerprint density at radius 3 is 2.52 bits per heavy atom. The second-order valence-corrected chi connectivity index (χ2v) is 5.10. The molecule has 110 valence electrons. The van der Waals surface area contributed by atoms with Gasteiger partial charge in [0, 0.05) is 18.0 Å². The molecule has 2 aromatic heterocycles. The number of nitrogens with zero attached hydrogens (tertiary/aromatic N) is 3. The van der Waals surface area contributed by atoms with Crippen LogP contribution in [0.1, 0.15) is 13.3 Å². The summed E-state index contributed by atoms with van der Waals surface area (Å²) in [5.41, 5.74) is 2.71. The minimum absolute atomic E-state index is 0.461. The fraction of sp³-hybridized carbons (Fsp3) is 0.333. The molecule has 0 unspecified atom stereocenters. The second kappa shape index (κ2) is 5.41. The highest BCUT2D eigenvalue weighted by molar-refractivity contribution is 6.34. The van der Waals surface area contributed by atoms with Crippen molar-refractivity contribution in [2.24, 2.45) is 0 Å². The van der Waals surface area contributed by atoms with E-state index in [-0.39, 0.29) is 0 Å². The molecule has 0 atom stereocenters. The van der Waals surface area contributed by atoms with Crippen LogP contribution in [-0.4, -0.2) is 28.8 Å². The zero-order valence-corrected chi connectivity index (χ0v) is 12.9. The van der Waals surface area contributed by atoms with Gasteiger partial charge in [0.25, 0.3) is 0 Å². The monoisotopic (exact) mass is 305 g/mol. The van der Waals surface area contributed by atoms with E-state index in [1.807, 2.05) is 12.1 Å². The summed E-state index contributed by atoms with van der Waals surface area (Å²) in [7, 11) is 3.25. The van der Waals surface area contributed by atoms with Crippen LogP contribution in [0.15, 0.2) is 18.5 Å². The highest BCUT2D eigenvalue weighted by atomic mass is 35.5. The number of hydrogen-bond acceptors (Lipinski definition) is 4. The van der Waals surface area contributed by atoms with Crippen LogP contribution in [0, 0.1) is 0 Å². The van der Waals surface area contributed by atoms with E-state index in [4.69, 9.17) is 21.1 Å². The molecule has 1 aromatic carbocycles. The van der Waals surface area contributed by atoms with Gasteiger partial charge < -0.3 is 14.0 Å². The highest BCUT2D eigenvalue weighted by Gasteiger charge is 2.18. The standard InChI is InChI=1S/C15H16ClN3O2/c1-4-5-19-10-7-12(21-3)11(20-2)6-9(10)13-14(19)15(16)18-8-17-13/h6-8H,4-5H2,1-3H3. The van der Waals surface area contributed by atoms with Gasteiger partial charge in [0.2, 0.25) is 0 Å². The van der Waals surface area contributed by atoms with E-state index in [1.165, 1.54) is 6.33 Å². The van der Waals surface area contributed by atoms with E-state index in [9.17, 15) is 0 Å². The normalized spacial score (nSPS) is 11.2. The van der Waals surface area contributed by atoms with Crippen molar-refractivity contribution in [3.05, 3.63) is 23.6 Å². The molecule has 0 saturated heterocycles. The molecule has 3 aromatic rings. The summed E-state index contributed by atoms with van der Waals surface area (Å²) in [5.74, 6) is 1.37. The van der Waals surface area contributed by atoms with Crippen LogP contribution < -0.4 is 9.47 Å². The molecule has 0 aliphatic carbocycles. The van der Waals surface area contributed by atoms with Crippen molar-refractivity contribution >= 4 is 33.5 Å². The first-order chi connectivity index (χ1) is 10.2. The maximum Gasteiger partial charge on any atom is 0.162 e. The largest absolute Gasteiger partial charge is 0.493 e. The molecule has 0 spiro atoms. The molecular formula is C15H16ClN3O2. The average Bonchev–Trinajstić information content (AvgIpc) is 2.81. The first kappa shape index (κ1) is 13.9. The first-order valence-electron chi connectivity index (χ1n) is 6.75. The Labute approximate surface area is 127 Å². The molecular weight excluding hydrogens is 290 g/mol. The van der Waals surface area contributed by atoms with E-state index >= 15 is 0 Å². The number of aryl methyl sites for hydroxylation is 1. The van der Waals surface area contributed by atoms with E-state index in [0.717, 1.165) is 34.9 Å². The molecule has 0 saturated carbocycles. The van der Waals surface area contributed by atoms with Crippen LogP contribution >= 0.6 is 11.6 Å². The molecule has 0 N–H and O–H groups in total. The Morgan fingerprint density at radius 1 is 1.14 bits per heavy atom. The van der Waals surface area contributed by atoms with E-state index in [1.54, 1.807) is 14.2 Å². The van der Waals surface area contributed by atoms with Gasteiger partial charge in [-0.25, -0.2) is 9.97 Å². The third-order valence-corrected chi connectivity index (χ3v) is 3.82. The van der Waals surface area contributed by atoms with E-state index in [0.29, 0.717) is 16.7 Å². The van der Waals surface area contributed by atoms with Crippen molar-refractivity contribution in [3.63, 3.8) is 0 Å². The summed E-state index contributed by atoms with van der Waals surface area (Å²) < 4.78 is 12.9. The van der Waals surface area contributed by atoms with Crippen molar-refractivity contribution in [3.8, 4) is 11.5 Å². The molecule has 0 bridgehead atoms. The topological polar surface area (TPSA) is 49.2 Å². The van der Waals surface area contributed by atoms with Gasteiger partial charge in [0.05, 0.1) is 19.7 Å². The first-order valence-corrected chi connectivity index (χ1v) is 7.13. The van der Waals surface area contributed by atoms with Crippen molar-refractivity contribution in [2.45, 2.75) is 19.9 Å². The molecule has 0 fully saturated rings. The minimum atomic E-state index is 0.461. The lowest BCUT2D eigenvalue weighted by atomic mass is 10.2. The fourth-order valence-electron chi connectivity index (χ4n) is 2.65. The highest BCUT2D eigenvalue weighted by Crippen LogP contribution is 2.38. The van der Waals surface area contributed by atoms with Gasteiger partial charge in [-0.15, -0.1) is 0 Å². The third kappa shape index (κ3) is 2.08. The Morgan fingerprint density at radius 2 is 1.86 bits per heavy atom. The smallest absolute Gasteiger partial charge is 0.162 e. The molecule has 0 aliphatic heterocycles. The summed E-state index contributed by atoms with van der Waals surface area (Å²) >= 11 is 6.28. The van der Waals surface area contributed by atoms with Crippen LogP contribution in [0.4, 0.5) is 0 Å². The molecule has 3 rings (SSSR count). The summed E-state index contributed by atoms with van der Waals surface area (Å²) in [6, 6.07) is 3.90. The lowest BCUT2D eigenvalue weighted by Crippen LogP contribution is -1.98. The summed E-state index contributed by atoms with van der Waals surface area (Å²) in [6.45, 7) is 2.96. The van der Waals surface area contributed by atoms with Gasteiger partial charge in [-0.1, -0.05) is 18.5 Å². The Hall–Kier alpha value is -2.01. The summed E-state index contributed by atoms with van der Waals surface area (Å²) in [5, 5.41) is 1.45. The molecule has 0 aliphatic rings. The summed E-state index contributed by atoms with van der Waals surface area (Å²) in [6.07, 6.45) is 2.47. The maximum atomic E-state index is 6.28. The number of benzene rings is 1. The van der Waals surface area contributed by atoms with Crippen molar-refractivity contribution in [1.82, 2.24) is 14.5 Å². The van der Waals surface area contributed by atoms with E-state index in [2.05, 4.69) is 21.5 Å². The van der Waals surface area contributed by atoms with Crippen LogP contribution in [0.2, 0.25) is 5.15 Å². The number of ether oxygens (including phenoxy) is 2. The molecule has 0 radical (unpaired) electrons. The third-order valence-electron chi connectivity index (χ3n) is 3.54. The maximum absolute atomic E-state index is 6.28. The fourth-order valence-corrected chi connectivity index (χ4v) is 2.89. The SMILES string of the molecule is CCCn1c2cc(OC)c(OC)cc2c2ncnc(Cl)c21. The molecule has 5 nitrogen and oxygen atoms in total. The average molecular weight is 306 g/mol. The van der Waals surface area contributed by atoms with Crippen LogP contribution in [0.3, 0.4) is 0 Å². The number of methoxy groups -OCH3 is 2. The second-order valence-electron chi connectivity index (χ2n) is 4.74. The minimum Gasteiger partial charge on any atom is -0.493 e. The van der Waals surface area contributed by atoms with Gasteiger partial charge in [-0.3, -0.25) is 0 Å². The number of aromatic nitrogens is 3.